The van der Waals surface area contributed by atoms with E-state index in [-0.39, 0.29) is 11.9 Å². The molecule has 0 spiro atoms. The SMILES string of the molecule is Cc1csc(C(CC(C)C)NC(=O)CCc2cccs2)n1. The predicted octanol–water partition coefficient (Wildman–Crippen LogP) is 4.35. The summed E-state index contributed by atoms with van der Waals surface area (Å²) in [4.78, 5) is 18.0. The molecule has 0 bridgehead atoms. The number of hydrogen-bond acceptors (Lipinski definition) is 4. The number of aromatic nitrogens is 1. The predicted molar refractivity (Wildman–Crippen MR) is 89.8 cm³/mol. The van der Waals surface area contributed by atoms with Crippen LogP contribution in [0, 0.1) is 12.8 Å². The lowest BCUT2D eigenvalue weighted by molar-refractivity contribution is -0.121. The highest BCUT2D eigenvalue weighted by molar-refractivity contribution is 7.10. The third kappa shape index (κ3) is 5.25. The number of nitrogens with zero attached hydrogens (tertiary/aromatic N) is 1. The Morgan fingerprint density at radius 1 is 1.38 bits per heavy atom. The van der Waals surface area contributed by atoms with E-state index in [1.165, 1.54) is 4.88 Å². The van der Waals surface area contributed by atoms with Gasteiger partial charge in [-0.15, -0.1) is 22.7 Å². The standard InChI is InChI=1S/C16H22N2OS2/c1-11(2)9-14(16-17-12(3)10-21-16)18-15(19)7-6-13-5-4-8-20-13/h4-5,8,10-11,14H,6-7,9H2,1-3H3,(H,18,19). The fourth-order valence-electron chi connectivity index (χ4n) is 2.18. The number of thiazole rings is 1. The van der Waals surface area contributed by atoms with E-state index in [2.05, 4.69) is 30.2 Å². The Bertz CT molecular complexity index is 561. The second-order valence-corrected chi connectivity index (χ2v) is 7.58. The Hall–Kier alpha value is -1.20. The van der Waals surface area contributed by atoms with E-state index < -0.39 is 0 Å². The zero-order valence-corrected chi connectivity index (χ0v) is 14.4. The molecule has 0 fully saturated rings. The highest BCUT2D eigenvalue weighted by Gasteiger charge is 2.19. The lowest BCUT2D eigenvalue weighted by Gasteiger charge is -2.18. The normalized spacial score (nSPS) is 12.6. The molecule has 5 heteroatoms. The van der Waals surface area contributed by atoms with Gasteiger partial charge in [0.1, 0.15) is 5.01 Å². The van der Waals surface area contributed by atoms with E-state index in [4.69, 9.17) is 0 Å². The van der Waals surface area contributed by atoms with Crippen LogP contribution >= 0.6 is 22.7 Å². The summed E-state index contributed by atoms with van der Waals surface area (Å²) in [6.45, 7) is 6.33. The first-order valence-electron chi connectivity index (χ1n) is 7.28. The Morgan fingerprint density at radius 3 is 2.76 bits per heavy atom. The third-order valence-electron chi connectivity index (χ3n) is 3.16. The Morgan fingerprint density at radius 2 is 2.19 bits per heavy atom. The molecule has 0 aliphatic carbocycles. The molecule has 2 aromatic rings. The van der Waals surface area contributed by atoms with Crippen molar-refractivity contribution < 1.29 is 4.79 Å². The summed E-state index contributed by atoms with van der Waals surface area (Å²) in [5.41, 5.74) is 1.02. The largest absolute Gasteiger partial charge is 0.347 e. The second kappa shape index (κ2) is 7.71. The third-order valence-corrected chi connectivity index (χ3v) is 5.17. The maximum atomic E-state index is 12.2. The van der Waals surface area contributed by atoms with Crippen LogP contribution in [0.3, 0.4) is 0 Å². The molecule has 1 N–H and O–H groups in total. The molecule has 0 aliphatic heterocycles. The summed E-state index contributed by atoms with van der Waals surface area (Å²) >= 11 is 3.34. The first kappa shape index (κ1) is 16.2. The fourth-order valence-corrected chi connectivity index (χ4v) is 3.75. The molecule has 2 heterocycles. The van der Waals surface area contributed by atoms with Crippen molar-refractivity contribution in [2.24, 2.45) is 5.92 Å². The van der Waals surface area contributed by atoms with Crippen LogP contribution in [0.4, 0.5) is 0 Å². The summed E-state index contributed by atoms with van der Waals surface area (Å²) in [6.07, 6.45) is 2.28. The number of carbonyl (C=O) groups is 1. The van der Waals surface area contributed by atoms with Crippen molar-refractivity contribution >= 4 is 28.6 Å². The summed E-state index contributed by atoms with van der Waals surface area (Å²) < 4.78 is 0. The molecule has 3 nitrogen and oxygen atoms in total. The molecule has 114 valence electrons. The van der Waals surface area contributed by atoms with Gasteiger partial charge >= 0.3 is 0 Å². The average Bonchev–Trinajstić information content (AvgIpc) is 3.06. The molecule has 2 rings (SSSR count). The number of rotatable bonds is 7. The quantitative estimate of drug-likeness (QED) is 0.823. The van der Waals surface area contributed by atoms with E-state index in [1.807, 2.05) is 23.8 Å². The van der Waals surface area contributed by atoms with Crippen LogP contribution in [0.1, 0.15) is 48.3 Å². The average molecular weight is 322 g/mol. The topological polar surface area (TPSA) is 42.0 Å². The number of amides is 1. The molecule has 1 atom stereocenters. The van der Waals surface area contributed by atoms with E-state index >= 15 is 0 Å². The zero-order valence-electron chi connectivity index (χ0n) is 12.8. The van der Waals surface area contributed by atoms with Gasteiger partial charge in [-0.1, -0.05) is 19.9 Å². The highest BCUT2D eigenvalue weighted by Crippen LogP contribution is 2.24. The van der Waals surface area contributed by atoms with Crippen LogP contribution in [0.15, 0.2) is 22.9 Å². The first-order chi connectivity index (χ1) is 10.0. The molecular formula is C16H22N2OS2. The van der Waals surface area contributed by atoms with Gasteiger partial charge in [0.25, 0.3) is 0 Å². The van der Waals surface area contributed by atoms with Crippen molar-refractivity contribution in [1.29, 1.82) is 0 Å². The summed E-state index contributed by atoms with van der Waals surface area (Å²) in [6, 6.07) is 4.14. The fraction of sp³-hybridized carbons (Fsp3) is 0.500. The van der Waals surface area contributed by atoms with Crippen molar-refractivity contribution in [2.45, 2.75) is 46.1 Å². The van der Waals surface area contributed by atoms with E-state index in [0.29, 0.717) is 12.3 Å². The van der Waals surface area contributed by atoms with Crippen LogP contribution < -0.4 is 5.32 Å². The van der Waals surface area contributed by atoms with Gasteiger partial charge < -0.3 is 5.32 Å². The van der Waals surface area contributed by atoms with Gasteiger partial charge in [-0.2, -0.15) is 0 Å². The minimum atomic E-state index is 0.0412. The van der Waals surface area contributed by atoms with Gasteiger partial charge in [-0.3, -0.25) is 4.79 Å². The zero-order chi connectivity index (χ0) is 15.2. The Labute approximate surface area is 134 Å². The molecule has 0 saturated carbocycles. The molecule has 0 aliphatic rings. The Balaban J connectivity index is 1.92. The van der Waals surface area contributed by atoms with Crippen LogP contribution in [0.25, 0.3) is 0 Å². The molecule has 1 amide bonds. The van der Waals surface area contributed by atoms with Crippen LogP contribution in [0.2, 0.25) is 0 Å². The summed E-state index contributed by atoms with van der Waals surface area (Å²) in [5.74, 6) is 0.638. The number of nitrogens with one attached hydrogen (secondary N) is 1. The van der Waals surface area contributed by atoms with E-state index in [9.17, 15) is 4.79 Å². The van der Waals surface area contributed by atoms with Gasteiger partial charge in [0.05, 0.1) is 6.04 Å². The van der Waals surface area contributed by atoms with Crippen molar-refractivity contribution in [3.05, 3.63) is 38.5 Å². The van der Waals surface area contributed by atoms with Crippen LogP contribution in [-0.4, -0.2) is 10.9 Å². The maximum Gasteiger partial charge on any atom is 0.220 e. The second-order valence-electron chi connectivity index (χ2n) is 5.66. The molecule has 0 saturated heterocycles. The van der Waals surface area contributed by atoms with E-state index in [1.54, 1.807) is 22.7 Å². The monoisotopic (exact) mass is 322 g/mol. The molecule has 2 aromatic heterocycles. The van der Waals surface area contributed by atoms with Crippen molar-refractivity contribution in [1.82, 2.24) is 10.3 Å². The smallest absolute Gasteiger partial charge is 0.220 e. The van der Waals surface area contributed by atoms with Crippen molar-refractivity contribution in [2.75, 3.05) is 0 Å². The highest BCUT2D eigenvalue weighted by atomic mass is 32.1. The van der Waals surface area contributed by atoms with Gasteiger partial charge in [-0.25, -0.2) is 4.98 Å². The van der Waals surface area contributed by atoms with E-state index in [0.717, 1.165) is 23.5 Å². The minimum Gasteiger partial charge on any atom is -0.347 e. The number of thiophene rings is 1. The maximum absolute atomic E-state index is 12.2. The summed E-state index contributed by atoms with van der Waals surface area (Å²) in [7, 11) is 0. The Kier molecular flexibility index (Phi) is 5.94. The first-order valence-corrected chi connectivity index (χ1v) is 9.04. The van der Waals surface area contributed by atoms with Crippen molar-refractivity contribution in [3.63, 3.8) is 0 Å². The molecule has 21 heavy (non-hydrogen) atoms. The van der Waals surface area contributed by atoms with Gasteiger partial charge in [-0.05, 0) is 37.1 Å². The molecular weight excluding hydrogens is 300 g/mol. The number of hydrogen-bond donors (Lipinski definition) is 1. The van der Waals surface area contributed by atoms with Gasteiger partial charge in [0.2, 0.25) is 5.91 Å². The molecule has 0 radical (unpaired) electrons. The molecule has 1 unspecified atom stereocenters. The van der Waals surface area contributed by atoms with Crippen LogP contribution in [0.5, 0.6) is 0 Å². The van der Waals surface area contributed by atoms with Gasteiger partial charge in [0.15, 0.2) is 0 Å². The van der Waals surface area contributed by atoms with Gasteiger partial charge in [0, 0.05) is 22.4 Å². The number of carbonyl (C=O) groups excluding carboxylic acids is 1. The molecule has 0 aromatic carbocycles. The van der Waals surface area contributed by atoms with Crippen LogP contribution in [-0.2, 0) is 11.2 Å². The lowest BCUT2D eigenvalue weighted by atomic mass is 10.0. The minimum absolute atomic E-state index is 0.0412. The number of aryl methyl sites for hydroxylation is 2. The summed E-state index contributed by atoms with van der Waals surface area (Å²) in [5, 5.41) is 8.26. The van der Waals surface area contributed by atoms with Crippen molar-refractivity contribution in [3.8, 4) is 0 Å². The lowest BCUT2D eigenvalue weighted by Crippen LogP contribution is -2.29.